The highest BCUT2D eigenvalue weighted by Crippen LogP contribution is 2.29. The lowest BCUT2D eigenvalue weighted by atomic mass is 10.0. The Morgan fingerprint density at radius 1 is 1.00 bits per heavy atom. The number of hydrogen-bond donors (Lipinski definition) is 1. The molecule has 1 unspecified atom stereocenters. The molecule has 0 radical (unpaired) electrons. The number of carbonyl (C=O) groups is 2. The summed E-state index contributed by atoms with van der Waals surface area (Å²) in [6.07, 6.45) is 0.466. The molecule has 0 spiro atoms. The van der Waals surface area contributed by atoms with E-state index in [2.05, 4.69) is 58.1 Å². The fourth-order valence-electron chi connectivity index (χ4n) is 4.11. The maximum atomic E-state index is 11.9. The monoisotopic (exact) mass is 440 g/mol. The van der Waals surface area contributed by atoms with Gasteiger partial charge in [-0.1, -0.05) is 66.1 Å². The second-order valence-electron chi connectivity index (χ2n) is 7.54. The smallest absolute Gasteiger partial charge is 0.286 e. The molecule has 0 bridgehead atoms. The maximum Gasteiger partial charge on any atom is 0.286 e. The van der Waals surface area contributed by atoms with Gasteiger partial charge in [0.05, 0.1) is 24.5 Å². The molecule has 0 aliphatic carbocycles. The quantitative estimate of drug-likeness (QED) is 0.465. The molecule has 1 aliphatic heterocycles. The van der Waals surface area contributed by atoms with Crippen LogP contribution in [0.4, 0.5) is 4.79 Å². The molecule has 2 heterocycles. The number of carbonyl (C=O) groups excluding carboxylic acids is 2. The van der Waals surface area contributed by atoms with E-state index in [1.165, 1.54) is 10.8 Å². The minimum absolute atomic E-state index is 0.241. The first-order valence-corrected chi connectivity index (χ1v) is 11.2. The lowest BCUT2D eigenvalue weighted by Crippen LogP contribution is -2.25. The summed E-state index contributed by atoms with van der Waals surface area (Å²) in [4.78, 5) is 23.4. The summed E-state index contributed by atoms with van der Waals surface area (Å²) in [6.45, 7) is 0.538. The van der Waals surface area contributed by atoms with Crippen LogP contribution in [0.2, 0.25) is 0 Å². The highest BCUT2D eigenvalue weighted by Gasteiger charge is 2.31. The van der Waals surface area contributed by atoms with Gasteiger partial charge in [0.2, 0.25) is 5.91 Å². The van der Waals surface area contributed by atoms with Crippen molar-refractivity contribution in [1.29, 1.82) is 0 Å². The molecule has 1 aliphatic rings. The van der Waals surface area contributed by atoms with Gasteiger partial charge >= 0.3 is 0 Å². The number of nitrogens with one attached hydrogen (secondary N) is 1. The molecule has 5 rings (SSSR count). The van der Waals surface area contributed by atoms with Crippen LogP contribution >= 0.6 is 11.8 Å². The Kier molecular flexibility index (Phi) is 5.34. The fourth-order valence-corrected chi connectivity index (χ4v) is 4.97. The van der Waals surface area contributed by atoms with Crippen molar-refractivity contribution in [2.45, 2.75) is 18.2 Å². The molecule has 0 saturated carbocycles. The van der Waals surface area contributed by atoms with E-state index in [0.29, 0.717) is 18.7 Å². The van der Waals surface area contributed by atoms with Crippen LogP contribution < -0.4 is 10.1 Å². The van der Waals surface area contributed by atoms with Gasteiger partial charge in [0, 0.05) is 21.8 Å². The Morgan fingerprint density at radius 2 is 1.69 bits per heavy atom. The predicted molar refractivity (Wildman–Crippen MR) is 128 cm³/mol. The van der Waals surface area contributed by atoms with E-state index in [1.807, 2.05) is 30.3 Å². The van der Waals surface area contributed by atoms with Gasteiger partial charge in [-0.2, -0.15) is 0 Å². The number of thioether (sulfide) groups is 1. The second-order valence-corrected chi connectivity index (χ2v) is 8.72. The van der Waals surface area contributed by atoms with Crippen molar-refractivity contribution >= 4 is 44.7 Å². The third-order valence-corrected chi connectivity index (χ3v) is 6.57. The van der Waals surface area contributed by atoms with Crippen LogP contribution in [0.1, 0.15) is 11.1 Å². The van der Waals surface area contributed by atoms with Crippen LogP contribution in [0, 0.1) is 11.8 Å². The topological polar surface area (TPSA) is 60.3 Å². The van der Waals surface area contributed by atoms with Crippen molar-refractivity contribution in [3.63, 3.8) is 0 Å². The number of ether oxygens (including phenoxy) is 1. The minimum Gasteiger partial charge on any atom is -0.495 e. The molecule has 3 aromatic carbocycles. The Hall–Kier alpha value is -3.69. The first-order valence-electron chi connectivity index (χ1n) is 10.3. The average molecular weight is 441 g/mol. The van der Waals surface area contributed by atoms with E-state index in [4.69, 9.17) is 4.74 Å². The first-order chi connectivity index (χ1) is 15.6. The summed E-state index contributed by atoms with van der Waals surface area (Å²) in [7, 11) is 1.62. The highest BCUT2D eigenvalue weighted by molar-refractivity contribution is 8.15. The molecule has 6 heteroatoms. The van der Waals surface area contributed by atoms with Crippen molar-refractivity contribution in [3.05, 3.63) is 77.9 Å². The number of rotatable bonds is 4. The molecule has 1 atom stereocenters. The van der Waals surface area contributed by atoms with Gasteiger partial charge in [0.1, 0.15) is 5.75 Å². The molecular formula is C26H20N2O3S. The van der Waals surface area contributed by atoms with Gasteiger partial charge in [0.25, 0.3) is 5.24 Å². The number of amides is 2. The predicted octanol–water partition coefficient (Wildman–Crippen LogP) is 4.75. The zero-order valence-corrected chi connectivity index (χ0v) is 18.2. The SMILES string of the molecule is COc1ccc(CC2SC(=O)NC2=O)cc1C#CCn1c2ccccc2c2ccccc21. The van der Waals surface area contributed by atoms with Crippen LogP contribution in [0.25, 0.3) is 21.8 Å². The molecule has 158 valence electrons. The maximum absolute atomic E-state index is 11.9. The third-order valence-electron chi connectivity index (χ3n) is 5.59. The Labute approximate surface area is 189 Å². The summed E-state index contributed by atoms with van der Waals surface area (Å²) in [6, 6.07) is 22.4. The molecule has 1 saturated heterocycles. The van der Waals surface area contributed by atoms with Crippen LogP contribution in [-0.2, 0) is 17.8 Å². The number of hydrogen-bond acceptors (Lipinski definition) is 4. The van der Waals surface area contributed by atoms with E-state index in [-0.39, 0.29) is 11.1 Å². The molecule has 1 aromatic heterocycles. The molecule has 2 amide bonds. The molecular weight excluding hydrogens is 420 g/mol. The number of fused-ring (bicyclic) bond motifs is 3. The second kappa shape index (κ2) is 8.45. The van der Waals surface area contributed by atoms with Crippen LogP contribution in [0.15, 0.2) is 66.7 Å². The van der Waals surface area contributed by atoms with Gasteiger partial charge in [0.15, 0.2) is 0 Å². The summed E-state index contributed by atoms with van der Waals surface area (Å²) < 4.78 is 7.71. The summed E-state index contributed by atoms with van der Waals surface area (Å²) >= 11 is 1.03. The first kappa shape index (κ1) is 20.2. The Balaban J connectivity index is 1.46. The van der Waals surface area contributed by atoms with Gasteiger partial charge in [-0.3, -0.25) is 14.9 Å². The third kappa shape index (κ3) is 3.72. The van der Waals surface area contributed by atoms with E-state index in [9.17, 15) is 9.59 Å². The lowest BCUT2D eigenvalue weighted by Gasteiger charge is -2.09. The number of benzene rings is 3. The Morgan fingerprint density at radius 3 is 2.31 bits per heavy atom. The Bertz CT molecular complexity index is 1370. The number of nitrogens with zero attached hydrogens (tertiary/aromatic N) is 1. The van der Waals surface area contributed by atoms with Crippen molar-refractivity contribution in [1.82, 2.24) is 9.88 Å². The average Bonchev–Trinajstić information content (AvgIpc) is 3.30. The summed E-state index contributed by atoms with van der Waals surface area (Å²) in [5.74, 6) is 6.98. The van der Waals surface area contributed by atoms with Crippen LogP contribution in [0.5, 0.6) is 5.75 Å². The normalized spacial score (nSPS) is 15.6. The zero-order valence-electron chi connectivity index (χ0n) is 17.4. The minimum atomic E-state index is -0.408. The molecule has 1 N–H and O–H groups in total. The number of para-hydroxylation sites is 2. The standard InChI is InChI=1S/C26H20N2O3S/c1-31-23-13-12-17(16-24-25(29)27-26(30)32-24)15-18(23)7-6-14-28-21-10-4-2-8-19(21)20-9-3-5-11-22(20)28/h2-5,8-13,15,24H,14,16H2,1H3,(H,27,29,30). The number of aromatic nitrogens is 1. The number of methoxy groups -OCH3 is 1. The molecule has 4 aromatic rings. The zero-order chi connectivity index (χ0) is 22.1. The van der Waals surface area contributed by atoms with Crippen molar-refractivity contribution in [2.24, 2.45) is 0 Å². The van der Waals surface area contributed by atoms with E-state index in [0.717, 1.165) is 33.9 Å². The molecule has 1 fully saturated rings. The van der Waals surface area contributed by atoms with Crippen LogP contribution in [0.3, 0.4) is 0 Å². The lowest BCUT2D eigenvalue weighted by molar-refractivity contribution is -0.118. The van der Waals surface area contributed by atoms with Crippen molar-refractivity contribution < 1.29 is 14.3 Å². The van der Waals surface area contributed by atoms with Gasteiger partial charge in [-0.25, -0.2) is 0 Å². The van der Waals surface area contributed by atoms with Crippen molar-refractivity contribution in [2.75, 3.05) is 7.11 Å². The number of imide groups is 1. The highest BCUT2D eigenvalue weighted by atomic mass is 32.2. The van der Waals surface area contributed by atoms with Gasteiger partial charge in [-0.05, 0) is 36.2 Å². The fraction of sp³-hybridized carbons (Fsp3) is 0.154. The van der Waals surface area contributed by atoms with E-state index >= 15 is 0 Å². The summed E-state index contributed by atoms with van der Waals surface area (Å²) in [5.41, 5.74) is 4.00. The molecule has 5 nitrogen and oxygen atoms in total. The van der Waals surface area contributed by atoms with E-state index < -0.39 is 5.25 Å². The largest absolute Gasteiger partial charge is 0.495 e. The molecule has 32 heavy (non-hydrogen) atoms. The van der Waals surface area contributed by atoms with Crippen LogP contribution in [-0.4, -0.2) is 28.1 Å². The van der Waals surface area contributed by atoms with Gasteiger partial charge in [-0.15, -0.1) is 0 Å². The van der Waals surface area contributed by atoms with Crippen molar-refractivity contribution in [3.8, 4) is 17.6 Å². The van der Waals surface area contributed by atoms with Gasteiger partial charge < -0.3 is 9.30 Å². The summed E-state index contributed by atoms with van der Waals surface area (Å²) in [5, 5.41) is 4.06. The van der Waals surface area contributed by atoms with E-state index in [1.54, 1.807) is 7.11 Å².